The second-order valence-electron chi connectivity index (χ2n) is 23.5. The highest BCUT2D eigenvalue weighted by Gasteiger charge is 2.15. The number of aliphatic hydroxyl groups is 3. The predicted molar refractivity (Wildman–Crippen MR) is 460 cm³/mol. The van der Waals surface area contributed by atoms with E-state index in [2.05, 4.69) is 0 Å². The summed E-state index contributed by atoms with van der Waals surface area (Å²) >= 11 is 27.8. The number of aliphatic hydroxyl groups excluding tert-OH is 3. The molecule has 0 aliphatic heterocycles. The minimum atomic E-state index is -0.774. The van der Waals surface area contributed by atoms with E-state index in [-0.39, 0.29) is 103 Å². The lowest BCUT2D eigenvalue weighted by atomic mass is 10.1. The topological polar surface area (TPSA) is 581 Å². The van der Waals surface area contributed by atoms with E-state index in [4.69, 9.17) is 134 Å². The van der Waals surface area contributed by atoms with Gasteiger partial charge in [-0.05, 0) is 127 Å². The lowest BCUT2D eigenvalue weighted by Gasteiger charge is -2.08. The summed E-state index contributed by atoms with van der Waals surface area (Å²) in [5, 5.41) is 155. The highest BCUT2D eigenvalue weighted by Crippen LogP contribution is 2.34. The quantitative estimate of drug-likeness (QED) is 0.0132. The van der Waals surface area contributed by atoms with Crippen molar-refractivity contribution in [2.24, 2.45) is 0 Å². The van der Waals surface area contributed by atoms with Gasteiger partial charge in [-0.3, -0.25) is 67.6 Å². The minimum absolute atomic E-state index is 0.00716. The maximum absolute atomic E-state index is 12.4. The molecule has 0 unspecified atom stereocenters. The number of methoxy groups -OCH3 is 1. The van der Waals surface area contributed by atoms with Gasteiger partial charge in [0.15, 0.2) is 65.5 Å². The summed E-state index contributed by atoms with van der Waals surface area (Å²) in [5.41, 5.74) is 3.91. The average molecular weight is 1850 g/mol. The third-order valence-corrected chi connectivity index (χ3v) is 16.2. The van der Waals surface area contributed by atoms with E-state index in [9.17, 15) is 86.6 Å². The van der Waals surface area contributed by atoms with Gasteiger partial charge in [0.1, 0.15) is 102 Å². The molecule has 0 saturated heterocycles. The van der Waals surface area contributed by atoms with Gasteiger partial charge in [0.05, 0.1) is 69.2 Å². The van der Waals surface area contributed by atoms with E-state index in [0.717, 1.165) is 73.5 Å². The van der Waals surface area contributed by atoms with Crippen LogP contribution in [0.4, 0.5) is 14.5 Å². The number of nitro groups is 1. The smallest absolute Gasteiger partial charge is 0.311 e. The molecule has 32 nitrogen and oxygen atoms in total. The van der Waals surface area contributed by atoms with Gasteiger partial charge >= 0.3 is 5.69 Å². The van der Waals surface area contributed by atoms with Crippen LogP contribution >= 0.6 is 58.0 Å². The molecule has 16 N–H and O–H groups in total. The van der Waals surface area contributed by atoms with Crippen molar-refractivity contribution < 1.29 is 158 Å². The number of nitrogens with zero attached hydrogens (tertiary/aromatic N) is 1. The second kappa shape index (κ2) is 59.3. The number of benzene rings is 12. The summed E-state index contributed by atoms with van der Waals surface area (Å²) in [6.07, 6.45) is 6.90. The van der Waals surface area contributed by atoms with Gasteiger partial charge in [0.2, 0.25) is 0 Å². The fourth-order valence-corrected chi connectivity index (χ4v) is 9.34. The third-order valence-electron chi connectivity index (χ3n) is 14.8. The monoisotopic (exact) mass is 1850 g/mol. The molecule has 12 rings (SSSR count). The number of phenolic OH excluding ortho intramolecular Hbond substituents is 10. The van der Waals surface area contributed by atoms with Crippen molar-refractivity contribution in [3.63, 3.8) is 0 Å². The molecule has 0 atom stereocenters. The predicted octanol–water partition coefficient (Wildman–Crippen LogP) is 16.1. The fraction of sp³-hybridized carbons (Fsp3) is 0.0455. The first-order valence-corrected chi connectivity index (χ1v) is 36.4. The van der Waals surface area contributed by atoms with Gasteiger partial charge in [0.25, 0.3) is 0 Å². The number of nitro benzene ring substituents is 1. The standard InChI is InChI=1S/C9H10O4.C8H7ClO3.C8H8O3.C7H5ClO2.3C7H5ClO.2C7H5FO2.C7H5NO4.2C7H6O4/c1-13-9-3-6(4-10)2-8(12)7(9)5-11;9-7-2-5(3-10)1-6(4-11)8(7)12;9-4-6-1-2-7(5-10)8(11)3-6;8-6-3-5(4-9)1-2-7(6)10;8-7-3-1-6(5-9)2-4-7;8-7-3-1-2-6(4-7)5-9;8-7-4-2-1-3-6(7)5-9;8-6-3-5(4-9)1-2-7(6)10;8-6-3-1-2-5(4-9)7(6)10;9-4-5-1-2-7(10)6(3-5)8(11)12;8-3-4-1-6(10)7(11)2-5(4)9;8-3-5-6(10)1-4(9)2-7(5)11/h2-4,11-12H,5H2,1H3;1-3,11-12H,4H2;1-4,10-11H,5H2;1-4,10H;3*1-5H;2*1-4,10H;1-4,10H;2*1-3,9-11H. The lowest BCUT2D eigenvalue weighted by molar-refractivity contribution is -0.385. The fourth-order valence-electron chi connectivity index (χ4n) is 8.39. The number of para-hydroxylation sites is 1. The van der Waals surface area contributed by atoms with Crippen LogP contribution in [0, 0.1) is 21.7 Å². The number of carbonyl (C=O) groups is 12. The van der Waals surface area contributed by atoms with E-state index < -0.39 is 62.5 Å². The lowest BCUT2D eigenvalue weighted by Crippen LogP contribution is -1.94. The summed E-state index contributed by atoms with van der Waals surface area (Å²) in [6, 6.07) is 49.1. The van der Waals surface area contributed by atoms with E-state index in [1.165, 1.54) is 92.0 Å². The molecule has 0 aliphatic rings. The van der Waals surface area contributed by atoms with Crippen molar-refractivity contribution in [2.75, 3.05) is 7.11 Å². The van der Waals surface area contributed by atoms with Crippen molar-refractivity contribution >= 4 is 139 Å². The van der Waals surface area contributed by atoms with Crippen molar-refractivity contribution in [1.29, 1.82) is 0 Å². The Labute approximate surface area is 742 Å². The molecule has 0 bridgehead atoms. The molecule has 664 valence electrons. The number of halogens is 7. The van der Waals surface area contributed by atoms with Crippen molar-refractivity contribution in [3.05, 3.63) is 343 Å². The maximum Gasteiger partial charge on any atom is 0.311 e. The molecule has 12 aromatic rings. The molecule has 0 heterocycles. The van der Waals surface area contributed by atoms with Crippen LogP contribution in [0.15, 0.2) is 212 Å². The van der Waals surface area contributed by atoms with E-state index in [1.807, 2.05) is 0 Å². The zero-order valence-corrected chi connectivity index (χ0v) is 68.9. The van der Waals surface area contributed by atoms with Crippen LogP contribution in [0.3, 0.4) is 0 Å². The number of ether oxygens (including phenoxy) is 1. The Kier molecular flexibility index (Phi) is 51.1. The number of hydrogen-bond donors (Lipinski definition) is 16. The van der Waals surface area contributed by atoms with Gasteiger partial charge in [-0.15, -0.1) is 0 Å². The highest BCUT2D eigenvalue weighted by molar-refractivity contribution is 6.33. The molecule has 0 amide bonds. The Morgan fingerprint density at radius 2 is 0.772 bits per heavy atom. The Morgan fingerprint density at radius 3 is 1.23 bits per heavy atom. The zero-order chi connectivity index (χ0) is 96.0. The molecule has 0 fully saturated rings. The Balaban J connectivity index is 0.000000694. The van der Waals surface area contributed by atoms with Crippen molar-refractivity contribution in [2.45, 2.75) is 19.8 Å². The molecule has 127 heavy (non-hydrogen) atoms. The van der Waals surface area contributed by atoms with Gasteiger partial charge in [-0.25, -0.2) is 8.78 Å². The van der Waals surface area contributed by atoms with Crippen molar-refractivity contribution in [1.82, 2.24) is 0 Å². The molecular weight excluding hydrogens is 1780 g/mol. The van der Waals surface area contributed by atoms with Gasteiger partial charge in [-0.2, -0.15) is 0 Å². The SMILES string of the molecule is COc1cc(C=O)cc(O)c1CO.O=Cc1c(O)cc(O)cc1O.O=Cc1cc(Cl)c(O)c(CO)c1.O=Cc1cc(O)c(O)cc1O.O=Cc1ccc(CO)c(O)c1.O=Cc1ccc(Cl)cc1.O=Cc1ccc(O)c(Cl)c1.O=Cc1ccc(O)c(F)c1.O=Cc1ccc(O)c([N+](=O)[O-])c1.O=Cc1cccc(Cl)c1.O=Cc1cccc(F)c1O.O=Cc1ccccc1Cl. The number of phenols is 13. The number of aromatic hydroxyl groups is 13. The molecule has 0 saturated carbocycles. The number of aldehydes is 12. The Hall–Kier alpha value is -15.5. The van der Waals surface area contributed by atoms with Crippen LogP contribution in [0.25, 0.3) is 0 Å². The van der Waals surface area contributed by atoms with E-state index in [0.29, 0.717) is 122 Å². The molecule has 0 aliphatic carbocycles. The first-order valence-electron chi connectivity index (χ1n) is 34.5. The van der Waals surface area contributed by atoms with Crippen LogP contribution in [0.5, 0.6) is 80.5 Å². The third kappa shape index (κ3) is 39.5. The van der Waals surface area contributed by atoms with Gasteiger partial charge in [-0.1, -0.05) is 119 Å². The normalized spacial score (nSPS) is 9.38. The molecule has 39 heteroatoms. The van der Waals surface area contributed by atoms with Crippen LogP contribution in [-0.2, 0) is 19.8 Å². The minimum Gasteiger partial charge on any atom is -0.508 e. The zero-order valence-electron chi connectivity index (χ0n) is 65.1. The first-order chi connectivity index (χ1) is 60.3. The van der Waals surface area contributed by atoms with Gasteiger partial charge in [0, 0.05) is 95.5 Å². The summed E-state index contributed by atoms with van der Waals surface area (Å²) in [5.74, 6) is -5.44. The second-order valence-corrected chi connectivity index (χ2v) is 25.6. The van der Waals surface area contributed by atoms with Crippen LogP contribution in [-0.4, -0.2) is 169 Å². The van der Waals surface area contributed by atoms with E-state index >= 15 is 0 Å². The number of hydrogen-bond acceptors (Lipinski definition) is 31. The van der Waals surface area contributed by atoms with Crippen molar-refractivity contribution in [3.8, 4) is 80.5 Å². The Morgan fingerprint density at radius 1 is 0.315 bits per heavy atom. The van der Waals surface area contributed by atoms with Crippen LogP contribution < -0.4 is 4.74 Å². The first kappa shape index (κ1) is 109. The Bertz CT molecular complexity index is 5650. The molecule has 12 aromatic carbocycles. The van der Waals surface area contributed by atoms with E-state index in [1.54, 1.807) is 72.8 Å². The number of rotatable bonds is 17. The van der Waals surface area contributed by atoms with Gasteiger partial charge < -0.3 is 86.4 Å². The van der Waals surface area contributed by atoms with Crippen LogP contribution in [0.2, 0.25) is 25.1 Å². The largest absolute Gasteiger partial charge is 0.508 e. The number of carbonyl (C=O) groups excluding carboxylic acids is 12. The summed E-state index contributed by atoms with van der Waals surface area (Å²) in [4.78, 5) is 131. The molecule has 0 aromatic heterocycles. The summed E-state index contributed by atoms with van der Waals surface area (Å²) in [7, 11) is 1.41. The highest BCUT2D eigenvalue weighted by atomic mass is 35.5. The molecule has 0 spiro atoms. The molecular formula is C88H72Cl5F2NO31. The average Bonchev–Trinajstić information content (AvgIpc) is 0.696. The summed E-state index contributed by atoms with van der Waals surface area (Å²) < 4.78 is 29.6. The maximum atomic E-state index is 12.4. The summed E-state index contributed by atoms with van der Waals surface area (Å²) in [6.45, 7) is -0.883. The molecule has 0 radical (unpaired) electrons. The van der Waals surface area contributed by atoms with Crippen LogP contribution in [0.1, 0.15) is 141 Å².